The lowest BCUT2D eigenvalue weighted by Gasteiger charge is -2.12. The van der Waals surface area contributed by atoms with E-state index >= 15 is 0 Å². The molecule has 0 bridgehead atoms. The van der Waals surface area contributed by atoms with Gasteiger partial charge in [-0.25, -0.2) is 9.97 Å². The zero-order chi connectivity index (χ0) is 12.4. The monoisotopic (exact) mass is 248 g/mol. The lowest BCUT2D eigenvalue weighted by molar-refractivity contribution is 1.14. The van der Waals surface area contributed by atoms with Crippen LogP contribution < -0.4 is 11.1 Å². The molecule has 0 saturated heterocycles. The van der Waals surface area contributed by atoms with Crippen LogP contribution in [0, 0.1) is 13.8 Å². The Morgan fingerprint density at radius 3 is 2.71 bits per heavy atom. The van der Waals surface area contributed by atoms with Gasteiger partial charge in [0.05, 0.1) is 0 Å². The molecule has 5 heteroatoms. The molecule has 88 valence electrons. The molecule has 0 spiro atoms. The van der Waals surface area contributed by atoms with Crippen LogP contribution in [0.4, 0.5) is 17.3 Å². The lowest BCUT2D eigenvalue weighted by Crippen LogP contribution is -2.02. The molecule has 0 aliphatic rings. The fourth-order valence-electron chi connectivity index (χ4n) is 1.46. The number of rotatable bonds is 2. The number of anilines is 3. The van der Waals surface area contributed by atoms with Crippen LogP contribution >= 0.6 is 11.6 Å². The molecule has 0 saturated carbocycles. The summed E-state index contributed by atoms with van der Waals surface area (Å²) in [4.78, 5) is 8.08. The van der Waals surface area contributed by atoms with E-state index in [0.717, 1.165) is 21.8 Å². The van der Waals surface area contributed by atoms with Crippen LogP contribution in [-0.4, -0.2) is 9.97 Å². The zero-order valence-corrected chi connectivity index (χ0v) is 10.4. The van der Waals surface area contributed by atoms with E-state index in [-0.39, 0.29) is 0 Å². The van der Waals surface area contributed by atoms with E-state index in [0.29, 0.717) is 11.6 Å². The average molecular weight is 249 g/mol. The van der Waals surface area contributed by atoms with Crippen molar-refractivity contribution in [3.05, 3.63) is 40.7 Å². The summed E-state index contributed by atoms with van der Waals surface area (Å²) in [5, 5.41) is 3.92. The van der Waals surface area contributed by atoms with Gasteiger partial charge in [-0.1, -0.05) is 17.7 Å². The first kappa shape index (κ1) is 11.7. The maximum atomic E-state index is 6.05. The highest BCUT2D eigenvalue weighted by Crippen LogP contribution is 2.27. The largest absolute Gasteiger partial charge is 0.383 e. The van der Waals surface area contributed by atoms with E-state index in [1.54, 1.807) is 0 Å². The molecule has 0 atom stereocenters. The smallest absolute Gasteiger partial charge is 0.138 e. The predicted molar refractivity (Wildman–Crippen MR) is 70.7 cm³/mol. The highest BCUT2D eigenvalue weighted by molar-refractivity contribution is 6.31. The minimum atomic E-state index is 0.474. The number of nitrogen functional groups attached to an aromatic ring is 1. The number of aromatic nitrogens is 2. The summed E-state index contributed by atoms with van der Waals surface area (Å²) in [6.07, 6.45) is 1.44. The molecule has 17 heavy (non-hydrogen) atoms. The van der Waals surface area contributed by atoms with Gasteiger partial charge in [0.2, 0.25) is 0 Å². The van der Waals surface area contributed by atoms with Crippen molar-refractivity contribution in [1.29, 1.82) is 0 Å². The Kier molecular flexibility index (Phi) is 3.15. The molecule has 2 aromatic rings. The normalized spacial score (nSPS) is 10.3. The highest BCUT2D eigenvalue weighted by Gasteiger charge is 2.07. The molecule has 1 heterocycles. The standard InChI is InChI=1S/C12H13ClN4/c1-7-9(13)4-3-5-10(7)17-12-8(2)11(14)15-6-16-12/h3-6H,1-2H3,(H3,14,15,16,17). The van der Waals surface area contributed by atoms with E-state index in [4.69, 9.17) is 17.3 Å². The summed E-state index contributed by atoms with van der Waals surface area (Å²) in [7, 11) is 0. The van der Waals surface area contributed by atoms with E-state index in [2.05, 4.69) is 15.3 Å². The van der Waals surface area contributed by atoms with E-state index < -0.39 is 0 Å². The Bertz CT molecular complexity index is 505. The molecule has 0 amide bonds. The summed E-state index contributed by atoms with van der Waals surface area (Å²) >= 11 is 6.05. The Hall–Kier alpha value is -1.81. The van der Waals surface area contributed by atoms with Gasteiger partial charge in [-0.3, -0.25) is 0 Å². The SMILES string of the molecule is Cc1c(Cl)cccc1Nc1ncnc(N)c1C. The number of benzene rings is 1. The Morgan fingerprint density at radius 2 is 1.94 bits per heavy atom. The Balaban J connectivity index is 2.38. The van der Waals surface area contributed by atoms with Gasteiger partial charge in [-0.05, 0) is 31.5 Å². The van der Waals surface area contributed by atoms with E-state index in [1.807, 2.05) is 32.0 Å². The van der Waals surface area contributed by atoms with Gasteiger partial charge >= 0.3 is 0 Å². The van der Waals surface area contributed by atoms with Crippen molar-refractivity contribution in [2.24, 2.45) is 0 Å². The summed E-state index contributed by atoms with van der Waals surface area (Å²) in [6, 6.07) is 5.68. The number of nitrogens with one attached hydrogen (secondary N) is 1. The van der Waals surface area contributed by atoms with Crippen molar-refractivity contribution in [3.8, 4) is 0 Å². The fourth-order valence-corrected chi connectivity index (χ4v) is 1.63. The van der Waals surface area contributed by atoms with Gasteiger partial charge in [-0.2, -0.15) is 0 Å². The summed E-state index contributed by atoms with van der Waals surface area (Å²) < 4.78 is 0. The second kappa shape index (κ2) is 4.59. The third-order valence-electron chi connectivity index (χ3n) is 2.64. The highest BCUT2D eigenvalue weighted by atomic mass is 35.5. The molecule has 1 aromatic carbocycles. The first-order valence-electron chi connectivity index (χ1n) is 5.19. The van der Waals surface area contributed by atoms with Gasteiger partial charge in [0.1, 0.15) is 18.0 Å². The zero-order valence-electron chi connectivity index (χ0n) is 9.66. The average Bonchev–Trinajstić information content (AvgIpc) is 2.31. The molecule has 4 nitrogen and oxygen atoms in total. The van der Waals surface area contributed by atoms with E-state index in [1.165, 1.54) is 6.33 Å². The molecule has 3 N–H and O–H groups in total. The van der Waals surface area contributed by atoms with Crippen LogP contribution in [0.3, 0.4) is 0 Å². The molecule has 0 radical (unpaired) electrons. The molecular formula is C12H13ClN4. The summed E-state index contributed by atoms with van der Waals surface area (Å²) in [6.45, 7) is 3.82. The Labute approximate surface area is 105 Å². The van der Waals surface area contributed by atoms with Crippen LogP contribution in [0.1, 0.15) is 11.1 Å². The van der Waals surface area contributed by atoms with Crippen molar-refractivity contribution < 1.29 is 0 Å². The molecule has 1 aromatic heterocycles. The molecular weight excluding hydrogens is 236 g/mol. The molecule has 2 rings (SSSR count). The van der Waals surface area contributed by atoms with Gasteiger partial charge in [-0.15, -0.1) is 0 Å². The summed E-state index contributed by atoms with van der Waals surface area (Å²) in [5.74, 6) is 1.17. The van der Waals surface area contributed by atoms with Gasteiger partial charge < -0.3 is 11.1 Å². The van der Waals surface area contributed by atoms with Crippen LogP contribution in [0.5, 0.6) is 0 Å². The molecule has 0 aliphatic heterocycles. The second-order valence-electron chi connectivity index (χ2n) is 3.77. The molecule has 0 unspecified atom stereocenters. The van der Waals surface area contributed by atoms with Crippen molar-refractivity contribution in [3.63, 3.8) is 0 Å². The van der Waals surface area contributed by atoms with Gasteiger partial charge in [0.15, 0.2) is 0 Å². The van der Waals surface area contributed by atoms with Crippen molar-refractivity contribution in [2.75, 3.05) is 11.1 Å². The number of nitrogens with two attached hydrogens (primary N) is 1. The Morgan fingerprint density at radius 1 is 1.18 bits per heavy atom. The van der Waals surface area contributed by atoms with Crippen LogP contribution in [0.2, 0.25) is 5.02 Å². The van der Waals surface area contributed by atoms with Crippen molar-refractivity contribution in [1.82, 2.24) is 9.97 Å². The lowest BCUT2D eigenvalue weighted by atomic mass is 10.2. The minimum Gasteiger partial charge on any atom is -0.383 e. The maximum Gasteiger partial charge on any atom is 0.138 e. The fraction of sp³-hybridized carbons (Fsp3) is 0.167. The predicted octanol–water partition coefficient (Wildman–Crippen LogP) is 3.07. The van der Waals surface area contributed by atoms with Crippen molar-refractivity contribution in [2.45, 2.75) is 13.8 Å². The van der Waals surface area contributed by atoms with Gasteiger partial charge in [0.25, 0.3) is 0 Å². The topological polar surface area (TPSA) is 63.8 Å². The number of hydrogen-bond acceptors (Lipinski definition) is 4. The van der Waals surface area contributed by atoms with E-state index in [9.17, 15) is 0 Å². The molecule has 0 aliphatic carbocycles. The number of halogens is 1. The van der Waals surface area contributed by atoms with Crippen molar-refractivity contribution >= 4 is 28.9 Å². The molecule has 0 fully saturated rings. The summed E-state index contributed by atoms with van der Waals surface area (Å²) in [5.41, 5.74) is 8.44. The van der Waals surface area contributed by atoms with Crippen LogP contribution in [0.25, 0.3) is 0 Å². The third kappa shape index (κ3) is 2.31. The number of hydrogen-bond donors (Lipinski definition) is 2. The minimum absolute atomic E-state index is 0.474. The second-order valence-corrected chi connectivity index (χ2v) is 4.18. The third-order valence-corrected chi connectivity index (χ3v) is 3.05. The number of nitrogens with zero attached hydrogens (tertiary/aromatic N) is 2. The first-order valence-corrected chi connectivity index (χ1v) is 5.56. The van der Waals surface area contributed by atoms with Gasteiger partial charge in [0, 0.05) is 16.3 Å². The maximum absolute atomic E-state index is 6.05. The van der Waals surface area contributed by atoms with Crippen LogP contribution in [0.15, 0.2) is 24.5 Å². The van der Waals surface area contributed by atoms with Crippen LogP contribution in [-0.2, 0) is 0 Å². The first-order chi connectivity index (χ1) is 8.09. The quantitative estimate of drug-likeness (QED) is 0.857.